The molecule has 0 radical (unpaired) electrons. The minimum Gasteiger partial charge on any atom is -0.301 e. The summed E-state index contributed by atoms with van der Waals surface area (Å²) in [5.41, 5.74) is 0. The van der Waals surface area contributed by atoms with Crippen molar-refractivity contribution in [1.29, 1.82) is 0 Å². The Labute approximate surface area is 119 Å². The summed E-state index contributed by atoms with van der Waals surface area (Å²) in [6.07, 6.45) is 5.78. The average Bonchev–Trinajstić information content (AvgIpc) is 2.41. The molecule has 1 rings (SSSR count). The summed E-state index contributed by atoms with van der Waals surface area (Å²) in [4.78, 5) is 16.0. The topological polar surface area (TPSA) is 23.6 Å². The molecule has 0 aromatic carbocycles. The third-order valence-corrected chi connectivity index (χ3v) is 4.48. The molecule has 1 saturated heterocycles. The standard InChI is InChI=1S/C16H32N2O/c1-4-16(5-2)8-10-18-13-11-17(12-14-18)9-6-7-15(3)19/h16H,4-14H2,1-3H3. The molecule has 0 saturated carbocycles. The fraction of sp³-hybridized carbons (Fsp3) is 0.938. The van der Waals surface area contributed by atoms with Crippen molar-refractivity contribution in [1.82, 2.24) is 9.80 Å². The summed E-state index contributed by atoms with van der Waals surface area (Å²) < 4.78 is 0. The van der Waals surface area contributed by atoms with E-state index in [1.54, 1.807) is 6.92 Å². The Kier molecular flexibility index (Phi) is 8.31. The maximum absolute atomic E-state index is 10.9. The third kappa shape index (κ3) is 7.07. The van der Waals surface area contributed by atoms with Crippen molar-refractivity contribution in [2.24, 2.45) is 5.92 Å². The van der Waals surface area contributed by atoms with E-state index in [2.05, 4.69) is 23.6 Å². The SMILES string of the molecule is CCC(CC)CCN1CCN(CCCC(C)=O)CC1. The largest absolute Gasteiger partial charge is 0.301 e. The number of Topliss-reactive ketones (excluding diaryl/α,β-unsaturated/α-hetero) is 1. The number of ketones is 1. The zero-order chi connectivity index (χ0) is 14.1. The monoisotopic (exact) mass is 268 g/mol. The molecule has 0 amide bonds. The summed E-state index contributed by atoms with van der Waals surface area (Å²) in [7, 11) is 0. The lowest BCUT2D eigenvalue weighted by Gasteiger charge is -2.35. The van der Waals surface area contributed by atoms with Crippen molar-refractivity contribution >= 4 is 5.78 Å². The smallest absolute Gasteiger partial charge is 0.129 e. The molecule has 3 heteroatoms. The van der Waals surface area contributed by atoms with Crippen LogP contribution < -0.4 is 0 Å². The van der Waals surface area contributed by atoms with Gasteiger partial charge in [0.2, 0.25) is 0 Å². The van der Waals surface area contributed by atoms with Crippen LogP contribution >= 0.6 is 0 Å². The van der Waals surface area contributed by atoms with Gasteiger partial charge in [-0.05, 0) is 38.8 Å². The van der Waals surface area contributed by atoms with Crippen LogP contribution in [0.3, 0.4) is 0 Å². The number of carbonyl (C=O) groups is 1. The Hall–Kier alpha value is -0.410. The van der Waals surface area contributed by atoms with E-state index >= 15 is 0 Å². The number of nitrogens with zero attached hydrogens (tertiary/aromatic N) is 2. The van der Waals surface area contributed by atoms with Gasteiger partial charge in [-0.3, -0.25) is 0 Å². The number of carbonyl (C=O) groups excluding carboxylic acids is 1. The molecule has 1 aliphatic rings. The minimum absolute atomic E-state index is 0.323. The first-order valence-corrected chi connectivity index (χ1v) is 8.09. The van der Waals surface area contributed by atoms with Gasteiger partial charge in [-0.25, -0.2) is 0 Å². The number of hydrogen-bond donors (Lipinski definition) is 0. The van der Waals surface area contributed by atoms with Gasteiger partial charge in [0, 0.05) is 32.6 Å². The Morgan fingerprint density at radius 1 is 1.00 bits per heavy atom. The van der Waals surface area contributed by atoms with E-state index in [1.807, 2.05) is 0 Å². The van der Waals surface area contributed by atoms with Crippen molar-refractivity contribution in [3.05, 3.63) is 0 Å². The van der Waals surface area contributed by atoms with Crippen molar-refractivity contribution in [2.75, 3.05) is 39.3 Å². The van der Waals surface area contributed by atoms with Gasteiger partial charge in [-0.1, -0.05) is 26.7 Å². The number of piperazine rings is 1. The Morgan fingerprint density at radius 2 is 1.53 bits per heavy atom. The quantitative estimate of drug-likeness (QED) is 0.642. The van der Waals surface area contributed by atoms with Crippen LogP contribution in [0.1, 0.15) is 52.9 Å². The van der Waals surface area contributed by atoms with Crippen LogP contribution in [-0.2, 0) is 4.79 Å². The van der Waals surface area contributed by atoms with Crippen LogP contribution in [0.5, 0.6) is 0 Å². The van der Waals surface area contributed by atoms with E-state index in [-0.39, 0.29) is 0 Å². The molecule has 0 aliphatic carbocycles. The van der Waals surface area contributed by atoms with Crippen LogP contribution in [0.4, 0.5) is 0 Å². The summed E-state index contributed by atoms with van der Waals surface area (Å²) in [5.74, 6) is 1.23. The highest BCUT2D eigenvalue weighted by atomic mass is 16.1. The summed E-state index contributed by atoms with van der Waals surface area (Å²) in [5, 5.41) is 0. The maximum Gasteiger partial charge on any atom is 0.129 e. The first kappa shape index (κ1) is 16.6. The van der Waals surface area contributed by atoms with Gasteiger partial charge in [0.1, 0.15) is 5.78 Å². The molecule has 19 heavy (non-hydrogen) atoms. The van der Waals surface area contributed by atoms with Crippen molar-refractivity contribution < 1.29 is 4.79 Å². The van der Waals surface area contributed by atoms with Gasteiger partial charge in [-0.2, -0.15) is 0 Å². The molecule has 0 unspecified atom stereocenters. The lowest BCUT2D eigenvalue weighted by atomic mass is 9.99. The number of hydrogen-bond acceptors (Lipinski definition) is 3. The zero-order valence-electron chi connectivity index (χ0n) is 13.2. The molecule has 0 aromatic heterocycles. The summed E-state index contributed by atoms with van der Waals surface area (Å²) >= 11 is 0. The van der Waals surface area contributed by atoms with E-state index in [0.717, 1.165) is 25.3 Å². The van der Waals surface area contributed by atoms with E-state index in [9.17, 15) is 4.79 Å². The zero-order valence-corrected chi connectivity index (χ0v) is 13.2. The first-order chi connectivity index (χ1) is 9.15. The minimum atomic E-state index is 0.323. The third-order valence-electron chi connectivity index (χ3n) is 4.48. The lowest BCUT2D eigenvalue weighted by Crippen LogP contribution is -2.47. The van der Waals surface area contributed by atoms with Gasteiger partial charge in [0.05, 0.1) is 0 Å². The van der Waals surface area contributed by atoms with Crippen LogP contribution in [0.2, 0.25) is 0 Å². The van der Waals surface area contributed by atoms with Gasteiger partial charge < -0.3 is 14.6 Å². The Balaban J connectivity index is 2.09. The Morgan fingerprint density at radius 3 is 2.00 bits per heavy atom. The maximum atomic E-state index is 10.9. The van der Waals surface area contributed by atoms with E-state index < -0.39 is 0 Å². The molecule has 0 bridgehead atoms. The fourth-order valence-electron chi connectivity index (χ4n) is 2.85. The first-order valence-electron chi connectivity index (χ1n) is 8.09. The van der Waals surface area contributed by atoms with E-state index in [0.29, 0.717) is 5.78 Å². The van der Waals surface area contributed by atoms with Crippen LogP contribution in [0.25, 0.3) is 0 Å². The summed E-state index contributed by atoms with van der Waals surface area (Å²) in [6, 6.07) is 0. The average molecular weight is 268 g/mol. The molecule has 0 spiro atoms. The van der Waals surface area contributed by atoms with Gasteiger partial charge in [0.25, 0.3) is 0 Å². The van der Waals surface area contributed by atoms with E-state index in [1.165, 1.54) is 52.0 Å². The fourth-order valence-corrected chi connectivity index (χ4v) is 2.85. The number of rotatable bonds is 9. The highest BCUT2D eigenvalue weighted by Gasteiger charge is 2.17. The van der Waals surface area contributed by atoms with Gasteiger partial charge in [0.15, 0.2) is 0 Å². The predicted molar refractivity (Wildman–Crippen MR) is 81.5 cm³/mol. The Bertz CT molecular complexity index is 243. The van der Waals surface area contributed by atoms with Gasteiger partial charge >= 0.3 is 0 Å². The van der Waals surface area contributed by atoms with Gasteiger partial charge in [-0.15, -0.1) is 0 Å². The normalized spacial score (nSPS) is 18.1. The second kappa shape index (κ2) is 9.49. The molecule has 1 fully saturated rings. The highest BCUT2D eigenvalue weighted by molar-refractivity contribution is 5.75. The molecular formula is C16H32N2O. The molecular weight excluding hydrogens is 236 g/mol. The molecule has 1 heterocycles. The summed E-state index contributed by atoms with van der Waals surface area (Å²) in [6.45, 7) is 13.5. The second-order valence-corrected chi connectivity index (χ2v) is 5.96. The molecule has 0 atom stereocenters. The molecule has 112 valence electrons. The van der Waals surface area contributed by atoms with Crippen molar-refractivity contribution in [2.45, 2.75) is 52.9 Å². The predicted octanol–water partition coefficient (Wildman–Crippen LogP) is 2.80. The molecule has 1 aliphatic heterocycles. The highest BCUT2D eigenvalue weighted by Crippen LogP contribution is 2.14. The molecule has 0 N–H and O–H groups in total. The molecule has 3 nitrogen and oxygen atoms in total. The second-order valence-electron chi connectivity index (χ2n) is 5.96. The van der Waals surface area contributed by atoms with E-state index in [4.69, 9.17) is 0 Å². The van der Waals surface area contributed by atoms with Crippen molar-refractivity contribution in [3.8, 4) is 0 Å². The van der Waals surface area contributed by atoms with Crippen LogP contribution in [0, 0.1) is 5.92 Å². The van der Waals surface area contributed by atoms with Crippen molar-refractivity contribution in [3.63, 3.8) is 0 Å². The van der Waals surface area contributed by atoms with Crippen LogP contribution in [-0.4, -0.2) is 54.9 Å². The van der Waals surface area contributed by atoms with Crippen LogP contribution in [0.15, 0.2) is 0 Å². The molecule has 0 aromatic rings. The lowest BCUT2D eigenvalue weighted by molar-refractivity contribution is -0.117.